The van der Waals surface area contributed by atoms with E-state index in [1.54, 1.807) is 14.1 Å². The van der Waals surface area contributed by atoms with Crippen molar-refractivity contribution in [1.82, 2.24) is 4.85 Å². The van der Waals surface area contributed by atoms with Gasteiger partial charge in [-0.25, -0.2) is 0 Å². The molecule has 2 rings (SSSR count). The van der Waals surface area contributed by atoms with Gasteiger partial charge in [0.2, 0.25) is 17.0 Å². The highest BCUT2D eigenvalue weighted by molar-refractivity contribution is 5.93. The van der Waals surface area contributed by atoms with E-state index in [1.807, 2.05) is 0 Å². The van der Waals surface area contributed by atoms with Crippen molar-refractivity contribution < 1.29 is 14.5 Å². The molecule has 0 spiro atoms. The van der Waals surface area contributed by atoms with E-state index in [-0.39, 0.29) is 4.85 Å². The first-order valence-corrected chi connectivity index (χ1v) is 4.01. The zero-order chi connectivity index (χ0) is 10.3. The van der Waals surface area contributed by atoms with Gasteiger partial charge in [0.1, 0.15) is 5.69 Å². The SMILES string of the molecule is CNc1oc2c[n+]([O-])n(O)c2c1NC. The number of furan rings is 1. The van der Waals surface area contributed by atoms with E-state index in [4.69, 9.17) is 4.42 Å². The number of fused-ring (bicyclic) bond motifs is 1. The lowest BCUT2D eigenvalue weighted by Gasteiger charge is -2.00. The summed E-state index contributed by atoms with van der Waals surface area (Å²) in [6.07, 6.45) is 1.15. The number of hydrogen-bond acceptors (Lipinski definition) is 5. The Kier molecular flexibility index (Phi) is 1.66. The number of hydrogen-bond donors (Lipinski definition) is 3. The van der Waals surface area contributed by atoms with Crippen molar-refractivity contribution in [3.63, 3.8) is 0 Å². The molecule has 0 atom stereocenters. The standard InChI is InChI=1S/C7H10N4O3/c1-8-5-6-4(14-7(5)9-2)3-10(12)11(6)13/h3,8-9,13H,1-2H3. The Morgan fingerprint density at radius 1 is 1.50 bits per heavy atom. The minimum Gasteiger partial charge on any atom is -0.593 e. The Morgan fingerprint density at radius 3 is 2.79 bits per heavy atom. The molecule has 0 saturated heterocycles. The van der Waals surface area contributed by atoms with Crippen LogP contribution in [0.1, 0.15) is 0 Å². The Morgan fingerprint density at radius 2 is 2.21 bits per heavy atom. The summed E-state index contributed by atoms with van der Waals surface area (Å²) in [4.78, 5) is 0.764. The Labute approximate surface area is 79.1 Å². The summed E-state index contributed by atoms with van der Waals surface area (Å²) in [7, 11) is 3.36. The number of rotatable bonds is 2. The maximum Gasteiger partial charge on any atom is 0.256 e. The summed E-state index contributed by atoms with van der Waals surface area (Å²) in [6, 6.07) is 0. The molecular formula is C7H10N4O3. The Bertz CT molecular complexity index is 473. The Hall–Kier alpha value is -2.05. The van der Waals surface area contributed by atoms with E-state index in [0.717, 1.165) is 6.20 Å². The zero-order valence-electron chi connectivity index (χ0n) is 7.74. The summed E-state index contributed by atoms with van der Waals surface area (Å²) in [5.74, 6) is 0.473. The predicted octanol–water partition coefficient (Wildman–Crippen LogP) is 0.188. The van der Waals surface area contributed by atoms with Crippen molar-refractivity contribution in [1.29, 1.82) is 0 Å². The third-order valence-corrected chi connectivity index (χ3v) is 2.00. The molecule has 2 heterocycles. The van der Waals surface area contributed by atoms with Gasteiger partial charge in [-0.1, -0.05) is 0 Å². The molecule has 0 bridgehead atoms. The number of nitrogens with zero attached hydrogens (tertiary/aromatic N) is 2. The first kappa shape index (κ1) is 8.54. The average molecular weight is 198 g/mol. The van der Waals surface area contributed by atoms with Crippen molar-refractivity contribution in [3.05, 3.63) is 11.4 Å². The van der Waals surface area contributed by atoms with Gasteiger partial charge < -0.3 is 25.5 Å². The number of aromatic nitrogens is 2. The van der Waals surface area contributed by atoms with E-state index in [9.17, 15) is 10.4 Å². The van der Waals surface area contributed by atoms with E-state index in [2.05, 4.69) is 10.6 Å². The molecule has 3 N–H and O–H groups in total. The molecule has 76 valence electrons. The van der Waals surface area contributed by atoms with E-state index >= 15 is 0 Å². The molecule has 7 nitrogen and oxygen atoms in total. The fourth-order valence-corrected chi connectivity index (χ4v) is 1.39. The molecule has 2 aromatic heterocycles. The summed E-state index contributed by atoms with van der Waals surface area (Å²) in [5.41, 5.74) is 1.17. The first-order valence-electron chi connectivity index (χ1n) is 4.01. The maximum absolute atomic E-state index is 11.0. The lowest BCUT2D eigenvalue weighted by atomic mass is 10.4. The van der Waals surface area contributed by atoms with Crippen LogP contribution in [0, 0.1) is 5.21 Å². The molecule has 0 aliphatic rings. The van der Waals surface area contributed by atoms with Gasteiger partial charge in [0, 0.05) is 18.9 Å². The summed E-state index contributed by atoms with van der Waals surface area (Å²) < 4.78 is 5.27. The van der Waals surface area contributed by atoms with Gasteiger partial charge in [-0.15, -0.1) is 0 Å². The first-order chi connectivity index (χ1) is 6.69. The molecule has 0 aliphatic heterocycles. The van der Waals surface area contributed by atoms with Gasteiger partial charge in [0.15, 0.2) is 0 Å². The molecule has 2 aromatic rings. The van der Waals surface area contributed by atoms with E-state index in [0.29, 0.717) is 27.5 Å². The smallest absolute Gasteiger partial charge is 0.256 e. The highest BCUT2D eigenvalue weighted by atomic mass is 16.6. The molecular weight excluding hydrogens is 188 g/mol. The van der Waals surface area contributed by atoms with Crippen LogP contribution in [0.4, 0.5) is 11.6 Å². The van der Waals surface area contributed by atoms with Crippen LogP contribution in [-0.2, 0) is 0 Å². The van der Waals surface area contributed by atoms with Gasteiger partial charge in [-0.3, -0.25) is 0 Å². The number of nitrogens with one attached hydrogen (secondary N) is 2. The second kappa shape index (κ2) is 2.72. The molecule has 7 heteroatoms. The van der Waals surface area contributed by atoms with Crippen LogP contribution in [0.2, 0.25) is 0 Å². The van der Waals surface area contributed by atoms with Crippen LogP contribution in [0.3, 0.4) is 0 Å². The monoisotopic (exact) mass is 198 g/mol. The van der Waals surface area contributed by atoms with Gasteiger partial charge in [0.05, 0.1) is 0 Å². The highest BCUT2D eigenvalue weighted by Crippen LogP contribution is 2.33. The topological polar surface area (TPSA) is 89.3 Å². The van der Waals surface area contributed by atoms with E-state index < -0.39 is 0 Å². The van der Waals surface area contributed by atoms with Crippen LogP contribution in [0.15, 0.2) is 10.6 Å². The van der Waals surface area contributed by atoms with Gasteiger partial charge in [-0.2, -0.15) is 0 Å². The lowest BCUT2D eigenvalue weighted by molar-refractivity contribution is -0.722. The van der Waals surface area contributed by atoms with Gasteiger partial charge in [-0.05, 0) is 4.85 Å². The van der Waals surface area contributed by atoms with E-state index in [1.165, 1.54) is 0 Å². The van der Waals surface area contributed by atoms with Gasteiger partial charge in [0.25, 0.3) is 6.20 Å². The molecule has 0 aromatic carbocycles. The van der Waals surface area contributed by atoms with Crippen LogP contribution >= 0.6 is 0 Å². The fraction of sp³-hybridized carbons (Fsp3) is 0.286. The third-order valence-electron chi connectivity index (χ3n) is 2.00. The molecule has 0 amide bonds. The molecule has 0 aliphatic carbocycles. The molecule has 0 radical (unpaired) electrons. The van der Waals surface area contributed by atoms with Crippen molar-refractivity contribution in [2.75, 3.05) is 24.7 Å². The average Bonchev–Trinajstić information content (AvgIpc) is 2.65. The van der Waals surface area contributed by atoms with Crippen molar-refractivity contribution in [2.45, 2.75) is 0 Å². The molecule has 14 heavy (non-hydrogen) atoms. The molecule has 0 fully saturated rings. The van der Waals surface area contributed by atoms with Crippen molar-refractivity contribution >= 4 is 22.7 Å². The van der Waals surface area contributed by atoms with Crippen LogP contribution in [-0.4, -0.2) is 24.1 Å². The van der Waals surface area contributed by atoms with Gasteiger partial charge >= 0.3 is 0 Å². The Balaban J connectivity index is 2.79. The second-order valence-corrected chi connectivity index (χ2v) is 2.74. The minimum absolute atomic E-state index is 0.286. The predicted molar refractivity (Wildman–Crippen MR) is 49.4 cm³/mol. The quantitative estimate of drug-likeness (QED) is 0.364. The maximum atomic E-state index is 11.0. The zero-order valence-corrected chi connectivity index (χ0v) is 7.74. The fourth-order valence-electron chi connectivity index (χ4n) is 1.39. The summed E-state index contributed by atoms with van der Waals surface area (Å²) in [5, 5.41) is 26.0. The summed E-state index contributed by atoms with van der Waals surface area (Å²) in [6.45, 7) is 0. The van der Waals surface area contributed by atoms with Crippen LogP contribution in [0.5, 0.6) is 0 Å². The summed E-state index contributed by atoms with van der Waals surface area (Å²) >= 11 is 0. The third kappa shape index (κ3) is 0.889. The van der Waals surface area contributed by atoms with Crippen LogP contribution in [0.25, 0.3) is 11.1 Å². The normalized spacial score (nSPS) is 10.7. The van der Waals surface area contributed by atoms with Crippen molar-refractivity contribution in [3.8, 4) is 0 Å². The minimum atomic E-state index is 0.286. The highest BCUT2D eigenvalue weighted by Gasteiger charge is 2.22. The molecule has 0 unspecified atom stereocenters. The number of anilines is 2. The largest absolute Gasteiger partial charge is 0.593 e. The van der Waals surface area contributed by atoms with Crippen molar-refractivity contribution in [2.24, 2.45) is 0 Å². The lowest BCUT2D eigenvalue weighted by Crippen LogP contribution is -2.35. The van der Waals surface area contributed by atoms with Crippen LogP contribution < -0.4 is 15.5 Å². The molecule has 0 saturated carbocycles. The second-order valence-electron chi connectivity index (χ2n) is 2.74.